The van der Waals surface area contributed by atoms with Crippen LogP contribution in [0.15, 0.2) is 36.4 Å². The van der Waals surface area contributed by atoms with Gasteiger partial charge in [-0.2, -0.15) is 0 Å². The third kappa shape index (κ3) is 3.45. The maximum atomic E-state index is 11.8. The van der Waals surface area contributed by atoms with Crippen molar-refractivity contribution in [1.29, 1.82) is 0 Å². The largest absolute Gasteiger partial charge is 0.387 e. The number of rotatable bonds is 3. The minimum absolute atomic E-state index is 0.172. The lowest BCUT2D eigenvalue weighted by atomic mass is 10.0. The highest BCUT2D eigenvalue weighted by Crippen LogP contribution is 2.22. The molecule has 0 bridgehead atoms. The highest BCUT2D eigenvalue weighted by Gasteiger charge is 2.31. The fourth-order valence-corrected chi connectivity index (χ4v) is 3.70. The van der Waals surface area contributed by atoms with E-state index in [4.69, 9.17) is 5.11 Å². The van der Waals surface area contributed by atoms with Crippen LogP contribution in [-0.2, 0) is 11.3 Å². The molecule has 0 aromatic heterocycles. The third-order valence-electron chi connectivity index (χ3n) is 5.01. The molecule has 24 heavy (non-hydrogen) atoms. The van der Waals surface area contributed by atoms with Gasteiger partial charge in [-0.05, 0) is 43.2 Å². The molecule has 2 aromatic rings. The van der Waals surface area contributed by atoms with Crippen molar-refractivity contribution in [3.8, 4) is 0 Å². The minimum atomic E-state index is -0.399. The van der Waals surface area contributed by atoms with Crippen LogP contribution >= 0.6 is 0 Å². The van der Waals surface area contributed by atoms with E-state index in [2.05, 4.69) is 62.1 Å². The molecule has 1 fully saturated rings. The van der Waals surface area contributed by atoms with Crippen molar-refractivity contribution in [3.05, 3.63) is 47.5 Å². The van der Waals surface area contributed by atoms with Crippen molar-refractivity contribution in [2.24, 2.45) is 0 Å². The highest BCUT2D eigenvalue weighted by atomic mass is 16.3. The van der Waals surface area contributed by atoms with Crippen molar-refractivity contribution in [2.75, 3.05) is 19.7 Å². The van der Waals surface area contributed by atoms with Crippen molar-refractivity contribution in [2.45, 2.75) is 39.4 Å². The lowest BCUT2D eigenvalue weighted by Gasteiger charge is -2.44. The van der Waals surface area contributed by atoms with Gasteiger partial charge in [0.05, 0.1) is 0 Å². The van der Waals surface area contributed by atoms with Crippen LogP contribution < -0.4 is 0 Å². The summed E-state index contributed by atoms with van der Waals surface area (Å²) in [5, 5.41) is 11.6. The first-order chi connectivity index (χ1) is 11.5. The summed E-state index contributed by atoms with van der Waals surface area (Å²) in [5.41, 5.74) is 2.58. The van der Waals surface area contributed by atoms with Crippen LogP contribution in [0.1, 0.15) is 25.0 Å². The van der Waals surface area contributed by atoms with Gasteiger partial charge in [-0.25, -0.2) is 0 Å². The number of benzene rings is 2. The normalized spacial score (nSPS) is 22.1. The molecule has 4 heteroatoms. The van der Waals surface area contributed by atoms with Gasteiger partial charge >= 0.3 is 0 Å². The van der Waals surface area contributed by atoms with E-state index in [1.54, 1.807) is 4.90 Å². The van der Waals surface area contributed by atoms with Crippen LogP contribution in [0.25, 0.3) is 10.8 Å². The lowest BCUT2D eigenvalue weighted by Crippen LogP contribution is -2.58. The van der Waals surface area contributed by atoms with E-state index in [0.717, 1.165) is 6.54 Å². The fourth-order valence-electron chi connectivity index (χ4n) is 3.70. The summed E-state index contributed by atoms with van der Waals surface area (Å²) >= 11 is 0. The Labute approximate surface area is 143 Å². The summed E-state index contributed by atoms with van der Waals surface area (Å²) in [6, 6.07) is 13.7. The molecule has 1 N–H and O–H groups in total. The number of amides is 1. The Morgan fingerprint density at radius 3 is 2.38 bits per heavy atom. The lowest BCUT2D eigenvalue weighted by molar-refractivity contribution is -0.138. The van der Waals surface area contributed by atoms with Crippen LogP contribution in [0.4, 0.5) is 0 Å². The summed E-state index contributed by atoms with van der Waals surface area (Å²) in [4.78, 5) is 16.0. The Morgan fingerprint density at radius 1 is 1.08 bits per heavy atom. The molecule has 2 aromatic carbocycles. The molecule has 0 radical (unpaired) electrons. The number of fused-ring (bicyclic) bond motifs is 1. The van der Waals surface area contributed by atoms with E-state index in [1.165, 1.54) is 21.9 Å². The molecular formula is C20H26N2O2. The first-order valence-corrected chi connectivity index (χ1v) is 8.61. The molecule has 1 heterocycles. The SMILES string of the molecule is Cc1ccc2cc(CN3C(C)CN(C(=O)CO)CC3C)ccc2c1. The first kappa shape index (κ1) is 16.9. The van der Waals surface area contributed by atoms with Crippen LogP contribution in [-0.4, -0.2) is 52.6 Å². The number of aryl methyl sites for hydroxylation is 1. The number of hydrogen-bond donors (Lipinski definition) is 1. The van der Waals surface area contributed by atoms with Crippen molar-refractivity contribution in [3.63, 3.8) is 0 Å². The molecule has 3 rings (SSSR count). The zero-order valence-corrected chi connectivity index (χ0v) is 14.7. The van der Waals surface area contributed by atoms with Crippen molar-refractivity contribution < 1.29 is 9.90 Å². The van der Waals surface area contributed by atoms with Crippen LogP contribution in [0, 0.1) is 6.92 Å². The summed E-state index contributed by atoms with van der Waals surface area (Å²) in [7, 11) is 0. The number of piperazine rings is 1. The van der Waals surface area contributed by atoms with E-state index in [9.17, 15) is 4.79 Å². The number of aliphatic hydroxyl groups excluding tert-OH is 1. The number of carbonyl (C=O) groups is 1. The van der Waals surface area contributed by atoms with E-state index in [0.29, 0.717) is 13.1 Å². The van der Waals surface area contributed by atoms with Crippen LogP contribution in [0.3, 0.4) is 0 Å². The second-order valence-electron chi connectivity index (χ2n) is 7.01. The van der Waals surface area contributed by atoms with Gasteiger partial charge in [-0.1, -0.05) is 35.9 Å². The van der Waals surface area contributed by atoms with E-state index >= 15 is 0 Å². The molecule has 1 saturated heterocycles. The summed E-state index contributed by atoms with van der Waals surface area (Å²) in [6.45, 7) is 8.25. The Balaban J connectivity index is 1.76. The Hall–Kier alpha value is -1.91. The van der Waals surface area contributed by atoms with Gasteiger partial charge in [0.2, 0.25) is 5.91 Å². The molecule has 1 aliphatic heterocycles. The number of nitrogens with zero attached hydrogens (tertiary/aromatic N) is 2. The van der Waals surface area contributed by atoms with Gasteiger partial charge < -0.3 is 10.0 Å². The van der Waals surface area contributed by atoms with Gasteiger partial charge in [-0.3, -0.25) is 9.69 Å². The first-order valence-electron chi connectivity index (χ1n) is 8.61. The van der Waals surface area contributed by atoms with Gasteiger partial charge in [0.15, 0.2) is 0 Å². The number of carbonyl (C=O) groups excluding carboxylic acids is 1. The predicted octanol–water partition coefficient (Wildman–Crippen LogP) is 2.56. The van der Waals surface area contributed by atoms with E-state index in [1.807, 2.05) is 0 Å². The third-order valence-corrected chi connectivity index (χ3v) is 5.01. The minimum Gasteiger partial charge on any atom is -0.387 e. The maximum Gasteiger partial charge on any atom is 0.248 e. The van der Waals surface area contributed by atoms with Crippen LogP contribution in [0.5, 0.6) is 0 Å². The monoisotopic (exact) mass is 326 g/mol. The Morgan fingerprint density at radius 2 is 1.71 bits per heavy atom. The molecule has 1 aliphatic rings. The maximum absolute atomic E-state index is 11.8. The molecule has 0 spiro atoms. The summed E-state index contributed by atoms with van der Waals surface area (Å²) < 4.78 is 0. The van der Waals surface area contributed by atoms with Crippen molar-refractivity contribution in [1.82, 2.24) is 9.80 Å². The molecule has 0 saturated carbocycles. The highest BCUT2D eigenvalue weighted by molar-refractivity contribution is 5.83. The average Bonchev–Trinajstić information content (AvgIpc) is 2.57. The second-order valence-corrected chi connectivity index (χ2v) is 7.01. The molecule has 1 amide bonds. The van der Waals surface area contributed by atoms with E-state index < -0.39 is 6.61 Å². The number of hydrogen-bond acceptors (Lipinski definition) is 3. The molecular weight excluding hydrogens is 300 g/mol. The number of aliphatic hydroxyl groups is 1. The zero-order chi connectivity index (χ0) is 17.3. The van der Waals surface area contributed by atoms with Gasteiger partial charge in [0.25, 0.3) is 0 Å². The van der Waals surface area contributed by atoms with Crippen molar-refractivity contribution >= 4 is 16.7 Å². The van der Waals surface area contributed by atoms with Gasteiger partial charge in [-0.15, -0.1) is 0 Å². The molecule has 4 nitrogen and oxygen atoms in total. The molecule has 0 aliphatic carbocycles. The van der Waals surface area contributed by atoms with E-state index in [-0.39, 0.29) is 18.0 Å². The molecule has 2 unspecified atom stereocenters. The van der Waals surface area contributed by atoms with Gasteiger partial charge in [0, 0.05) is 31.7 Å². The topological polar surface area (TPSA) is 43.8 Å². The smallest absolute Gasteiger partial charge is 0.248 e. The average molecular weight is 326 g/mol. The van der Waals surface area contributed by atoms with Crippen LogP contribution in [0.2, 0.25) is 0 Å². The fraction of sp³-hybridized carbons (Fsp3) is 0.450. The quantitative estimate of drug-likeness (QED) is 0.943. The molecule has 128 valence electrons. The van der Waals surface area contributed by atoms with Gasteiger partial charge in [0.1, 0.15) is 6.61 Å². The summed E-state index contributed by atoms with van der Waals surface area (Å²) in [6.07, 6.45) is 0. The Bertz CT molecular complexity index is 731. The second kappa shape index (κ2) is 6.91. The Kier molecular flexibility index (Phi) is 4.88. The molecule has 2 atom stereocenters. The summed E-state index contributed by atoms with van der Waals surface area (Å²) in [5.74, 6) is -0.172. The zero-order valence-electron chi connectivity index (χ0n) is 14.7. The predicted molar refractivity (Wildman–Crippen MR) is 96.8 cm³/mol. The standard InChI is InChI=1S/C20H26N2O2/c1-14-4-6-19-9-17(5-7-18(19)8-14)12-22-15(2)10-21(11-16(22)3)20(24)13-23/h4-9,15-16,23H,10-13H2,1-3H3.